The summed E-state index contributed by atoms with van der Waals surface area (Å²) in [6, 6.07) is 4.40. The van der Waals surface area contributed by atoms with Gasteiger partial charge in [0.05, 0.1) is 0 Å². The second-order valence-electron chi connectivity index (χ2n) is 3.06. The van der Waals surface area contributed by atoms with Crippen LogP contribution in [0, 0.1) is 0 Å². The van der Waals surface area contributed by atoms with Crippen molar-refractivity contribution in [3.63, 3.8) is 0 Å². The molecule has 3 heteroatoms. The fraction of sp³-hybridized carbons (Fsp3) is 0.556. The predicted octanol–water partition coefficient (Wildman–Crippen LogP) is 2.64. The highest BCUT2D eigenvalue weighted by atomic mass is 35.5. The van der Waals surface area contributed by atoms with E-state index in [1.54, 1.807) is 4.88 Å². The van der Waals surface area contributed by atoms with Crippen molar-refractivity contribution in [2.45, 2.75) is 18.8 Å². The molecule has 1 saturated heterocycles. The summed E-state index contributed by atoms with van der Waals surface area (Å²) in [4.78, 5) is 1.55. The minimum Gasteiger partial charge on any atom is -0.316 e. The molecule has 1 unspecified atom stereocenters. The van der Waals surface area contributed by atoms with Crippen LogP contribution in [0.25, 0.3) is 0 Å². The van der Waals surface area contributed by atoms with Crippen LogP contribution in [0.3, 0.4) is 0 Å². The number of halogens is 1. The lowest BCUT2D eigenvalue weighted by Gasteiger charge is -2.21. The summed E-state index contributed by atoms with van der Waals surface area (Å²) in [6.45, 7) is 2.39. The second kappa shape index (κ2) is 4.85. The van der Waals surface area contributed by atoms with E-state index in [1.807, 2.05) is 11.3 Å². The third-order valence-electron chi connectivity index (χ3n) is 2.24. The van der Waals surface area contributed by atoms with E-state index in [2.05, 4.69) is 22.8 Å². The highest BCUT2D eigenvalue weighted by Crippen LogP contribution is 2.26. The normalized spacial score (nSPS) is 23.2. The topological polar surface area (TPSA) is 12.0 Å². The average molecular weight is 204 g/mol. The van der Waals surface area contributed by atoms with Gasteiger partial charge in [-0.15, -0.1) is 23.7 Å². The van der Waals surface area contributed by atoms with E-state index >= 15 is 0 Å². The van der Waals surface area contributed by atoms with Gasteiger partial charge in [-0.3, -0.25) is 0 Å². The van der Waals surface area contributed by atoms with Crippen LogP contribution in [0.4, 0.5) is 0 Å². The Morgan fingerprint density at radius 2 is 2.42 bits per heavy atom. The zero-order valence-corrected chi connectivity index (χ0v) is 8.59. The SMILES string of the molecule is Cl.c1csc(C2CCCNC2)c1. The molecule has 0 saturated carbocycles. The molecule has 0 amide bonds. The minimum absolute atomic E-state index is 0. The Bertz CT molecular complexity index is 204. The Balaban J connectivity index is 0.000000720. The van der Waals surface area contributed by atoms with Gasteiger partial charge in [0.25, 0.3) is 0 Å². The van der Waals surface area contributed by atoms with Gasteiger partial charge in [0.15, 0.2) is 0 Å². The van der Waals surface area contributed by atoms with Crippen molar-refractivity contribution in [1.29, 1.82) is 0 Å². The molecule has 1 fully saturated rings. The molecule has 2 rings (SSSR count). The summed E-state index contributed by atoms with van der Waals surface area (Å²) in [5.74, 6) is 0.795. The van der Waals surface area contributed by atoms with Gasteiger partial charge in [-0.05, 0) is 30.8 Å². The summed E-state index contributed by atoms with van der Waals surface area (Å²) in [5.41, 5.74) is 0. The van der Waals surface area contributed by atoms with Gasteiger partial charge in [0.2, 0.25) is 0 Å². The maximum absolute atomic E-state index is 3.43. The largest absolute Gasteiger partial charge is 0.316 e. The van der Waals surface area contributed by atoms with Crippen LogP contribution < -0.4 is 5.32 Å². The van der Waals surface area contributed by atoms with E-state index < -0.39 is 0 Å². The zero-order chi connectivity index (χ0) is 7.52. The molecule has 1 aromatic heterocycles. The van der Waals surface area contributed by atoms with Crippen molar-refractivity contribution in [2.24, 2.45) is 0 Å². The first-order valence-corrected chi connectivity index (χ1v) is 5.09. The van der Waals surface area contributed by atoms with E-state index in [0.29, 0.717) is 0 Å². The van der Waals surface area contributed by atoms with Crippen LogP contribution in [0.5, 0.6) is 0 Å². The third kappa shape index (κ3) is 2.22. The first-order chi connectivity index (χ1) is 5.47. The van der Waals surface area contributed by atoms with E-state index in [-0.39, 0.29) is 12.4 Å². The molecule has 0 aliphatic carbocycles. The first kappa shape index (κ1) is 10.0. The van der Waals surface area contributed by atoms with Crippen LogP contribution in [0.15, 0.2) is 17.5 Å². The van der Waals surface area contributed by atoms with Gasteiger partial charge in [-0.2, -0.15) is 0 Å². The fourth-order valence-corrected chi connectivity index (χ4v) is 2.48. The first-order valence-electron chi connectivity index (χ1n) is 4.21. The molecule has 0 spiro atoms. The van der Waals surface area contributed by atoms with Crippen molar-refractivity contribution >= 4 is 23.7 Å². The van der Waals surface area contributed by atoms with Crippen molar-refractivity contribution in [2.75, 3.05) is 13.1 Å². The maximum Gasteiger partial charge on any atom is 0.00888 e. The molecule has 1 N–H and O–H groups in total. The lowest BCUT2D eigenvalue weighted by atomic mass is 9.98. The number of rotatable bonds is 1. The summed E-state index contributed by atoms with van der Waals surface area (Å²) in [7, 11) is 0. The molecule has 1 nitrogen and oxygen atoms in total. The molecule has 1 aliphatic heterocycles. The van der Waals surface area contributed by atoms with E-state index in [0.717, 1.165) is 5.92 Å². The minimum atomic E-state index is 0. The molecular weight excluding hydrogens is 190 g/mol. The standard InChI is InChI=1S/C9H13NS.ClH/c1-3-8(7-10-5-1)9-4-2-6-11-9;/h2,4,6,8,10H,1,3,5,7H2;1H. The maximum atomic E-state index is 3.43. The van der Waals surface area contributed by atoms with Crippen molar-refractivity contribution in [3.8, 4) is 0 Å². The lowest BCUT2D eigenvalue weighted by molar-refractivity contribution is 0.466. The monoisotopic (exact) mass is 203 g/mol. The number of nitrogens with one attached hydrogen (secondary N) is 1. The zero-order valence-electron chi connectivity index (χ0n) is 6.95. The van der Waals surface area contributed by atoms with Gasteiger partial charge in [0, 0.05) is 17.3 Å². The van der Waals surface area contributed by atoms with Gasteiger partial charge >= 0.3 is 0 Å². The molecular formula is C9H14ClNS. The van der Waals surface area contributed by atoms with Gasteiger partial charge in [-0.25, -0.2) is 0 Å². The Morgan fingerprint density at radius 1 is 1.50 bits per heavy atom. The molecule has 1 aromatic rings. The number of thiophene rings is 1. The Kier molecular flexibility index (Phi) is 4.06. The summed E-state index contributed by atoms with van der Waals surface area (Å²) < 4.78 is 0. The Labute approximate surface area is 83.6 Å². The Morgan fingerprint density at radius 3 is 3.00 bits per heavy atom. The smallest absolute Gasteiger partial charge is 0.00888 e. The molecule has 68 valence electrons. The number of hydrogen-bond donors (Lipinski definition) is 1. The lowest BCUT2D eigenvalue weighted by Crippen LogP contribution is -2.27. The molecule has 0 aromatic carbocycles. The molecule has 0 radical (unpaired) electrons. The molecule has 1 atom stereocenters. The Hall–Kier alpha value is -0.0500. The predicted molar refractivity (Wildman–Crippen MR) is 56.4 cm³/mol. The molecule has 12 heavy (non-hydrogen) atoms. The van der Waals surface area contributed by atoms with Gasteiger partial charge < -0.3 is 5.32 Å². The summed E-state index contributed by atoms with van der Waals surface area (Å²) in [6.07, 6.45) is 2.70. The van der Waals surface area contributed by atoms with Gasteiger partial charge in [0.1, 0.15) is 0 Å². The van der Waals surface area contributed by atoms with Crippen LogP contribution >= 0.6 is 23.7 Å². The van der Waals surface area contributed by atoms with Crippen molar-refractivity contribution < 1.29 is 0 Å². The van der Waals surface area contributed by atoms with Crippen LogP contribution in [0.1, 0.15) is 23.6 Å². The summed E-state index contributed by atoms with van der Waals surface area (Å²) in [5, 5.41) is 5.60. The van der Waals surface area contributed by atoms with Crippen LogP contribution in [0.2, 0.25) is 0 Å². The third-order valence-corrected chi connectivity index (χ3v) is 3.28. The van der Waals surface area contributed by atoms with E-state index in [9.17, 15) is 0 Å². The fourth-order valence-electron chi connectivity index (χ4n) is 1.62. The number of piperidine rings is 1. The molecule has 0 bridgehead atoms. The highest BCUT2D eigenvalue weighted by Gasteiger charge is 2.14. The van der Waals surface area contributed by atoms with Crippen LogP contribution in [-0.2, 0) is 0 Å². The van der Waals surface area contributed by atoms with Gasteiger partial charge in [-0.1, -0.05) is 6.07 Å². The van der Waals surface area contributed by atoms with E-state index in [4.69, 9.17) is 0 Å². The number of hydrogen-bond acceptors (Lipinski definition) is 2. The van der Waals surface area contributed by atoms with Crippen molar-refractivity contribution in [1.82, 2.24) is 5.32 Å². The van der Waals surface area contributed by atoms with Crippen molar-refractivity contribution in [3.05, 3.63) is 22.4 Å². The average Bonchev–Trinajstić information content (AvgIpc) is 2.58. The molecule has 1 aliphatic rings. The highest BCUT2D eigenvalue weighted by molar-refractivity contribution is 7.10. The quantitative estimate of drug-likeness (QED) is 0.740. The molecule has 2 heterocycles. The summed E-state index contributed by atoms with van der Waals surface area (Å²) >= 11 is 1.89. The van der Waals surface area contributed by atoms with Crippen LogP contribution in [-0.4, -0.2) is 13.1 Å². The van der Waals surface area contributed by atoms with E-state index in [1.165, 1.54) is 25.9 Å². The second-order valence-corrected chi connectivity index (χ2v) is 4.04.